The number of aryl methyl sites for hydroxylation is 1. The smallest absolute Gasteiger partial charge is 0.263 e. The molecule has 3 heterocycles. The highest BCUT2D eigenvalue weighted by atomic mass is 32.1. The first kappa shape index (κ1) is 19.9. The zero-order valence-electron chi connectivity index (χ0n) is 17.9. The van der Waals surface area contributed by atoms with Crippen molar-refractivity contribution in [3.63, 3.8) is 0 Å². The Morgan fingerprint density at radius 1 is 1.19 bits per heavy atom. The van der Waals surface area contributed by atoms with Gasteiger partial charge in [-0.3, -0.25) is 4.79 Å². The summed E-state index contributed by atoms with van der Waals surface area (Å²) in [5.41, 5.74) is 6.24. The largest absolute Gasteiger partial charge is 0.358 e. The van der Waals surface area contributed by atoms with E-state index in [1.807, 2.05) is 12.3 Å². The van der Waals surface area contributed by atoms with E-state index in [4.69, 9.17) is 0 Å². The molecule has 1 unspecified atom stereocenters. The number of carbonyl (C=O) groups excluding carboxylic acids is 1. The van der Waals surface area contributed by atoms with Crippen molar-refractivity contribution in [2.75, 3.05) is 0 Å². The predicted molar refractivity (Wildman–Crippen MR) is 123 cm³/mol. The van der Waals surface area contributed by atoms with Gasteiger partial charge >= 0.3 is 0 Å². The lowest BCUT2D eigenvalue weighted by Gasteiger charge is -2.26. The molecule has 1 amide bonds. The Balaban J connectivity index is 1.41. The van der Waals surface area contributed by atoms with Crippen molar-refractivity contribution < 1.29 is 4.79 Å². The van der Waals surface area contributed by atoms with Crippen molar-refractivity contribution >= 4 is 28.3 Å². The summed E-state index contributed by atoms with van der Waals surface area (Å²) in [6, 6.07) is 8.41. The van der Waals surface area contributed by atoms with E-state index in [9.17, 15) is 4.79 Å². The van der Waals surface area contributed by atoms with Gasteiger partial charge < -0.3 is 10.3 Å². The van der Waals surface area contributed by atoms with Gasteiger partial charge in [-0.05, 0) is 42.5 Å². The molecule has 0 saturated carbocycles. The number of amides is 1. The first-order chi connectivity index (χ1) is 14.9. The first-order valence-electron chi connectivity index (χ1n) is 10.6. The molecule has 31 heavy (non-hydrogen) atoms. The number of nitrogens with one attached hydrogen (secondary N) is 2. The fourth-order valence-electron chi connectivity index (χ4n) is 4.16. The monoisotopic (exact) mass is 431 g/mol. The maximum absolute atomic E-state index is 12.9. The molecule has 0 aliphatic heterocycles. The molecule has 1 aliphatic carbocycles. The average Bonchev–Trinajstić information content (AvgIpc) is 3.43. The van der Waals surface area contributed by atoms with Gasteiger partial charge in [0.1, 0.15) is 11.2 Å². The van der Waals surface area contributed by atoms with Crippen molar-refractivity contribution in [2.45, 2.75) is 51.5 Å². The number of rotatable bonds is 3. The molecular weight excluding hydrogens is 406 g/mol. The highest BCUT2D eigenvalue weighted by molar-refractivity contribution is 7.13. The highest BCUT2D eigenvalue weighted by Gasteiger charge is 2.25. The minimum atomic E-state index is -0.0530. The molecule has 158 valence electrons. The third kappa shape index (κ3) is 3.74. The average molecular weight is 432 g/mol. The van der Waals surface area contributed by atoms with Gasteiger partial charge in [0.15, 0.2) is 0 Å². The van der Waals surface area contributed by atoms with Gasteiger partial charge in [-0.15, -0.1) is 11.3 Å². The molecule has 0 radical (unpaired) electrons. The van der Waals surface area contributed by atoms with E-state index in [1.54, 1.807) is 12.5 Å². The van der Waals surface area contributed by atoms with Crippen LogP contribution in [0.2, 0.25) is 0 Å². The number of aromatic amines is 1. The van der Waals surface area contributed by atoms with Crippen LogP contribution in [0.1, 0.15) is 65.5 Å². The zero-order valence-corrected chi connectivity index (χ0v) is 18.7. The van der Waals surface area contributed by atoms with E-state index < -0.39 is 0 Å². The molecule has 4 aromatic rings. The summed E-state index contributed by atoms with van der Waals surface area (Å²) in [4.78, 5) is 30.1. The zero-order chi connectivity index (χ0) is 21.6. The number of carbonyl (C=O) groups is 1. The number of hydrogen-bond donors (Lipinski definition) is 2. The second kappa shape index (κ2) is 7.57. The highest BCUT2D eigenvalue weighted by Crippen LogP contribution is 2.34. The predicted octanol–water partition coefficient (Wildman–Crippen LogP) is 5.19. The van der Waals surface area contributed by atoms with Crippen LogP contribution in [0, 0.1) is 0 Å². The lowest BCUT2D eigenvalue weighted by Crippen LogP contribution is -2.30. The number of H-pyrrole nitrogens is 1. The van der Waals surface area contributed by atoms with Crippen LogP contribution in [0.25, 0.3) is 22.3 Å². The van der Waals surface area contributed by atoms with Crippen molar-refractivity contribution in [1.82, 2.24) is 25.3 Å². The fraction of sp³-hybridized carbons (Fsp3) is 0.333. The molecule has 1 aliphatic rings. The lowest BCUT2D eigenvalue weighted by atomic mass is 9.86. The number of nitrogens with zero attached hydrogens (tertiary/aromatic N) is 3. The summed E-state index contributed by atoms with van der Waals surface area (Å²) in [6.45, 7) is 6.34. The summed E-state index contributed by atoms with van der Waals surface area (Å²) < 4.78 is 0. The summed E-state index contributed by atoms with van der Waals surface area (Å²) in [5.74, 6) is -0.0428. The van der Waals surface area contributed by atoms with Crippen LogP contribution in [0.3, 0.4) is 0 Å². The van der Waals surface area contributed by atoms with Crippen LogP contribution in [-0.4, -0.2) is 25.8 Å². The Labute approximate surface area is 185 Å². The molecule has 2 N–H and O–H groups in total. The quantitative estimate of drug-likeness (QED) is 0.468. The summed E-state index contributed by atoms with van der Waals surface area (Å²) in [5, 5.41) is 4.22. The third-order valence-electron chi connectivity index (χ3n) is 5.75. The van der Waals surface area contributed by atoms with E-state index in [0.29, 0.717) is 4.88 Å². The molecule has 6 nitrogen and oxygen atoms in total. The van der Waals surface area contributed by atoms with Gasteiger partial charge in [0.25, 0.3) is 5.91 Å². The fourth-order valence-corrected chi connectivity index (χ4v) is 5.03. The number of thiazole rings is 1. The summed E-state index contributed by atoms with van der Waals surface area (Å²) in [6.07, 6.45) is 8.18. The Morgan fingerprint density at radius 3 is 2.87 bits per heavy atom. The summed E-state index contributed by atoms with van der Waals surface area (Å²) in [7, 11) is 0. The minimum absolute atomic E-state index is 0.0152. The number of aromatic nitrogens is 4. The molecular formula is C24H25N5OS. The van der Waals surface area contributed by atoms with Gasteiger partial charge in [-0.1, -0.05) is 32.9 Å². The Morgan fingerprint density at radius 2 is 2.06 bits per heavy atom. The van der Waals surface area contributed by atoms with Crippen LogP contribution < -0.4 is 5.32 Å². The minimum Gasteiger partial charge on any atom is -0.358 e. The standard InChI is InChI=1S/C24H25N5OS/c1-24(2,3)23-26-12-19(31-23)22(30)29-17-6-4-5-14-11-15(7-8-16(14)17)20-21-18(9-10-25-21)27-13-28-20/h7-13,17,25H,4-6H2,1-3H3,(H,29,30). The molecule has 0 saturated heterocycles. The lowest BCUT2D eigenvalue weighted by molar-refractivity contribution is 0.0936. The Kier molecular flexibility index (Phi) is 4.85. The Bertz CT molecular complexity index is 1270. The molecule has 1 atom stereocenters. The van der Waals surface area contributed by atoms with E-state index in [2.05, 4.69) is 64.2 Å². The molecule has 0 spiro atoms. The van der Waals surface area contributed by atoms with Crippen LogP contribution in [0.15, 0.2) is 43.0 Å². The molecule has 1 aromatic carbocycles. The van der Waals surface area contributed by atoms with Gasteiger partial charge in [0.05, 0.1) is 34.0 Å². The summed E-state index contributed by atoms with van der Waals surface area (Å²) >= 11 is 1.48. The first-order valence-corrected chi connectivity index (χ1v) is 11.4. The van der Waals surface area contributed by atoms with Crippen molar-refractivity contribution in [3.05, 3.63) is 64.0 Å². The van der Waals surface area contributed by atoms with Crippen LogP contribution in [-0.2, 0) is 11.8 Å². The third-order valence-corrected chi connectivity index (χ3v) is 7.17. The van der Waals surface area contributed by atoms with Crippen LogP contribution in [0.4, 0.5) is 0 Å². The van der Waals surface area contributed by atoms with Crippen molar-refractivity contribution in [3.8, 4) is 11.3 Å². The number of benzene rings is 1. The molecule has 3 aromatic heterocycles. The van der Waals surface area contributed by atoms with E-state index in [0.717, 1.165) is 46.6 Å². The van der Waals surface area contributed by atoms with Crippen LogP contribution in [0.5, 0.6) is 0 Å². The topological polar surface area (TPSA) is 83.6 Å². The molecule has 5 rings (SSSR count). The van der Waals surface area contributed by atoms with Gasteiger partial charge in [-0.2, -0.15) is 0 Å². The number of fused-ring (bicyclic) bond motifs is 2. The van der Waals surface area contributed by atoms with Gasteiger partial charge in [0, 0.05) is 17.2 Å². The molecule has 7 heteroatoms. The molecule has 0 fully saturated rings. The molecule has 0 bridgehead atoms. The second-order valence-electron chi connectivity index (χ2n) is 9.07. The maximum atomic E-state index is 12.9. The van der Waals surface area contributed by atoms with Crippen molar-refractivity contribution in [1.29, 1.82) is 0 Å². The van der Waals surface area contributed by atoms with E-state index in [1.165, 1.54) is 22.5 Å². The second-order valence-corrected chi connectivity index (χ2v) is 10.1. The number of hydrogen-bond acceptors (Lipinski definition) is 5. The Hall–Kier alpha value is -3.06. The normalized spacial score (nSPS) is 16.3. The van der Waals surface area contributed by atoms with Crippen LogP contribution >= 0.6 is 11.3 Å². The van der Waals surface area contributed by atoms with Crippen molar-refractivity contribution in [2.24, 2.45) is 0 Å². The van der Waals surface area contributed by atoms with Gasteiger partial charge in [-0.25, -0.2) is 15.0 Å². The van der Waals surface area contributed by atoms with E-state index in [-0.39, 0.29) is 17.4 Å². The SMILES string of the molecule is CC(C)(C)c1ncc(C(=O)NC2CCCc3cc(-c4ncnc5cc[nH]c45)ccc32)s1. The van der Waals surface area contributed by atoms with E-state index >= 15 is 0 Å². The maximum Gasteiger partial charge on any atom is 0.263 e. The van der Waals surface area contributed by atoms with Gasteiger partial charge in [0.2, 0.25) is 0 Å².